The summed E-state index contributed by atoms with van der Waals surface area (Å²) in [5.41, 5.74) is 6.25. The van der Waals surface area contributed by atoms with Crippen LogP contribution in [0.5, 0.6) is 5.75 Å². The third-order valence-corrected chi connectivity index (χ3v) is 4.36. The molecule has 2 aromatic rings. The standard InChI is InChI=1S/C19H20N4O5/c20-18(24)12-28-15-5-3-4-13(10-15)21-19(25)16-11-14(23(26)27)6-7-17(16)22-8-1-2-9-22/h3-7,10-11H,1-2,8-9,12H2,(H2,20,24)(H,21,25). The van der Waals surface area contributed by atoms with Gasteiger partial charge in [-0.05, 0) is 31.0 Å². The van der Waals surface area contributed by atoms with Gasteiger partial charge in [0, 0.05) is 37.0 Å². The molecular weight excluding hydrogens is 364 g/mol. The maximum absolute atomic E-state index is 12.9. The Labute approximate surface area is 161 Å². The Morgan fingerprint density at radius 2 is 1.93 bits per heavy atom. The van der Waals surface area contributed by atoms with Gasteiger partial charge >= 0.3 is 0 Å². The molecule has 0 saturated carbocycles. The molecular formula is C19H20N4O5. The third-order valence-electron chi connectivity index (χ3n) is 4.36. The molecule has 0 radical (unpaired) electrons. The zero-order valence-corrected chi connectivity index (χ0v) is 15.1. The lowest BCUT2D eigenvalue weighted by Gasteiger charge is -2.21. The van der Waals surface area contributed by atoms with Gasteiger partial charge in [0.15, 0.2) is 6.61 Å². The number of primary amides is 1. The molecule has 0 unspecified atom stereocenters. The van der Waals surface area contributed by atoms with Crippen LogP contribution in [0, 0.1) is 10.1 Å². The number of hydrogen-bond donors (Lipinski definition) is 2. The van der Waals surface area contributed by atoms with E-state index in [1.54, 1.807) is 30.3 Å². The van der Waals surface area contributed by atoms with E-state index in [4.69, 9.17) is 10.5 Å². The number of nitro benzene ring substituents is 1. The first kappa shape index (κ1) is 19.2. The maximum atomic E-state index is 12.9. The lowest BCUT2D eigenvalue weighted by atomic mass is 10.1. The molecule has 2 aromatic carbocycles. The molecule has 146 valence electrons. The molecule has 3 rings (SSSR count). The zero-order valence-electron chi connectivity index (χ0n) is 15.1. The number of carbonyl (C=O) groups excluding carboxylic acids is 2. The quantitative estimate of drug-likeness (QED) is 0.557. The van der Waals surface area contributed by atoms with E-state index in [0.717, 1.165) is 25.9 Å². The van der Waals surface area contributed by atoms with E-state index in [2.05, 4.69) is 5.32 Å². The minimum absolute atomic E-state index is 0.147. The first-order valence-corrected chi connectivity index (χ1v) is 8.80. The highest BCUT2D eigenvalue weighted by Crippen LogP contribution is 2.29. The van der Waals surface area contributed by atoms with Crippen molar-refractivity contribution in [1.82, 2.24) is 0 Å². The van der Waals surface area contributed by atoms with Crippen molar-refractivity contribution in [2.24, 2.45) is 5.73 Å². The Bertz CT molecular complexity index is 909. The molecule has 9 heteroatoms. The van der Waals surface area contributed by atoms with Gasteiger partial charge < -0.3 is 20.7 Å². The third kappa shape index (κ3) is 4.56. The second kappa shape index (κ2) is 8.38. The molecule has 28 heavy (non-hydrogen) atoms. The molecule has 0 bridgehead atoms. The fraction of sp³-hybridized carbons (Fsp3) is 0.263. The molecule has 3 N–H and O–H groups in total. The van der Waals surface area contributed by atoms with Crippen LogP contribution in [0.1, 0.15) is 23.2 Å². The van der Waals surface area contributed by atoms with Gasteiger partial charge in [0.2, 0.25) is 0 Å². The number of non-ortho nitro benzene ring substituents is 1. The topological polar surface area (TPSA) is 128 Å². The van der Waals surface area contributed by atoms with E-state index >= 15 is 0 Å². The summed E-state index contributed by atoms with van der Waals surface area (Å²) in [7, 11) is 0. The van der Waals surface area contributed by atoms with Gasteiger partial charge in [-0.3, -0.25) is 19.7 Å². The number of ether oxygens (including phenoxy) is 1. The highest BCUT2D eigenvalue weighted by atomic mass is 16.6. The van der Waals surface area contributed by atoms with Gasteiger partial charge in [-0.1, -0.05) is 6.07 Å². The Kier molecular flexibility index (Phi) is 5.73. The van der Waals surface area contributed by atoms with Gasteiger partial charge in [0.1, 0.15) is 5.75 Å². The molecule has 1 heterocycles. The SMILES string of the molecule is NC(=O)COc1cccc(NC(=O)c2cc([N+](=O)[O-])ccc2N2CCCC2)c1. The predicted molar refractivity (Wildman–Crippen MR) is 104 cm³/mol. The monoisotopic (exact) mass is 384 g/mol. The molecule has 0 spiro atoms. The van der Waals surface area contributed by atoms with Gasteiger partial charge in [0.25, 0.3) is 17.5 Å². The highest BCUT2D eigenvalue weighted by Gasteiger charge is 2.22. The minimum Gasteiger partial charge on any atom is -0.484 e. The number of hydrogen-bond acceptors (Lipinski definition) is 6. The number of rotatable bonds is 7. The fourth-order valence-corrected chi connectivity index (χ4v) is 3.07. The van der Waals surface area contributed by atoms with E-state index in [1.165, 1.54) is 12.1 Å². The summed E-state index contributed by atoms with van der Waals surface area (Å²) in [6.07, 6.45) is 2.02. The predicted octanol–water partition coefficient (Wildman–Crippen LogP) is 2.31. The number of amides is 2. The summed E-state index contributed by atoms with van der Waals surface area (Å²) < 4.78 is 5.23. The summed E-state index contributed by atoms with van der Waals surface area (Å²) in [6, 6.07) is 10.8. The number of nitrogens with two attached hydrogens (primary N) is 1. The molecule has 9 nitrogen and oxygen atoms in total. The molecule has 1 aliphatic heterocycles. The van der Waals surface area contributed by atoms with E-state index < -0.39 is 16.7 Å². The van der Waals surface area contributed by atoms with Crippen LogP contribution < -0.4 is 20.7 Å². The lowest BCUT2D eigenvalue weighted by molar-refractivity contribution is -0.384. The van der Waals surface area contributed by atoms with Crippen molar-refractivity contribution in [3.05, 3.63) is 58.1 Å². The van der Waals surface area contributed by atoms with Crippen molar-refractivity contribution in [1.29, 1.82) is 0 Å². The number of nitrogens with one attached hydrogen (secondary N) is 1. The van der Waals surface area contributed by atoms with Crippen LogP contribution in [0.15, 0.2) is 42.5 Å². The molecule has 0 atom stereocenters. The first-order chi connectivity index (χ1) is 13.4. The molecule has 0 aromatic heterocycles. The van der Waals surface area contributed by atoms with Crippen LogP contribution in [-0.2, 0) is 4.79 Å². The number of nitro groups is 1. The zero-order chi connectivity index (χ0) is 20.1. The van der Waals surface area contributed by atoms with Gasteiger partial charge in [0.05, 0.1) is 16.2 Å². The second-order valence-corrected chi connectivity index (χ2v) is 6.39. The van der Waals surface area contributed by atoms with Crippen LogP contribution in [0.3, 0.4) is 0 Å². The van der Waals surface area contributed by atoms with Crippen molar-refractivity contribution in [2.75, 3.05) is 29.9 Å². The Morgan fingerprint density at radius 3 is 2.61 bits per heavy atom. The van der Waals surface area contributed by atoms with Crippen LogP contribution in [-0.4, -0.2) is 36.4 Å². The Morgan fingerprint density at radius 1 is 1.18 bits per heavy atom. The number of carbonyl (C=O) groups is 2. The van der Waals surface area contributed by atoms with Crippen molar-refractivity contribution < 1.29 is 19.2 Å². The number of nitrogens with zero attached hydrogens (tertiary/aromatic N) is 2. The molecule has 2 amide bonds. The van der Waals surface area contributed by atoms with Crippen LogP contribution in [0.25, 0.3) is 0 Å². The van der Waals surface area contributed by atoms with Crippen LogP contribution in [0.2, 0.25) is 0 Å². The Hall–Kier alpha value is -3.62. The number of benzene rings is 2. The van der Waals surface area contributed by atoms with Crippen molar-refractivity contribution >= 4 is 28.9 Å². The number of anilines is 2. The Balaban J connectivity index is 1.85. The average molecular weight is 384 g/mol. The van der Waals surface area contributed by atoms with E-state index in [-0.39, 0.29) is 17.9 Å². The van der Waals surface area contributed by atoms with Crippen LogP contribution in [0.4, 0.5) is 17.1 Å². The summed E-state index contributed by atoms with van der Waals surface area (Å²) in [5, 5.41) is 13.9. The summed E-state index contributed by atoms with van der Waals surface area (Å²) in [5.74, 6) is -0.700. The molecule has 0 aliphatic carbocycles. The van der Waals surface area contributed by atoms with Gasteiger partial charge in [-0.25, -0.2) is 0 Å². The van der Waals surface area contributed by atoms with E-state index in [0.29, 0.717) is 17.1 Å². The molecule has 1 aliphatic rings. The minimum atomic E-state index is -0.610. The summed E-state index contributed by atoms with van der Waals surface area (Å²) in [6.45, 7) is 1.32. The van der Waals surface area contributed by atoms with Crippen LogP contribution >= 0.6 is 0 Å². The molecule has 1 saturated heterocycles. The normalized spacial score (nSPS) is 13.2. The van der Waals surface area contributed by atoms with E-state index in [9.17, 15) is 19.7 Å². The van der Waals surface area contributed by atoms with Gasteiger partial charge in [-0.2, -0.15) is 0 Å². The van der Waals surface area contributed by atoms with Crippen molar-refractivity contribution in [3.63, 3.8) is 0 Å². The average Bonchev–Trinajstić information content (AvgIpc) is 3.20. The fourth-order valence-electron chi connectivity index (χ4n) is 3.07. The largest absolute Gasteiger partial charge is 0.484 e. The van der Waals surface area contributed by atoms with E-state index in [1.807, 2.05) is 4.90 Å². The maximum Gasteiger partial charge on any atom is 0.270 e. The summed E-state index contributed by atoms with van der Waals surface area (Å²) >= 11 is 0. The van der Waals surface area contributed by atoms with Crippen molar-refractivity contribution in [3.8, 4) is 5.75 Å². The first-order valence-electron chi connectivity index (χ1n) is 8.80. The van der Waals surface area contributed by atoms with Crippen molar-refractivity contribution in [2.45, 2.75) is 12.8 Å². The molecule has 1 fully saturated rings. The lowest BCUT2D eigenvalue weighted by Crippen LogP contribution is -2.23. The second-order valence-electron chi connectivity index (χ2n) is 6.39. The summed E-state index contributed by atoms with van der Waals surface area (Å²) in [4.78, 5) is 36.4. The highest BCUT2D eigenvalue weighted by molar-refractivity contribution is 6.08. The van der Waals surface area contributed by atoms with Gasteiger partial charge in [-0.15, -0.1) is 0 Å². The smallest absolute Gasteiger partial charge is 0.270 e.